The first-order valence-electron chi connectivity index (χ1n) is 10.6. The topological polar surface area (TPSA) is 112 Å². The van der Waals surface area contributed by atoms with Crippen molar-refractivity contribution in [3.63, 3.8) is 0 Å². The van der Waals surface area contributed by atoms with Gasteiger partial charge < -0.3 is 14.8 Å². The molecule has 1 amide bonds. The highest BCUT2D eigenvalue weighted by atomic mass is 32.2. The van der Waals surface area contributed by atoms with Crippen LogP contribution in [0.4, 0.5) is 5.82 Å². The van der Waals surface area contributed by atoms with E-state index in [-0.39, 0.29) is 36.2 Å². The van der Waals surface area contributed by atoms with Crippen molar-refractivity contribution < 1.29 is 22.7 Å². The number of benzene rings is 2. The molecule has 2 aromatic heterocycles. The Bertz CT molecular complexity index is 1450. The van der Waals surface area contributed by atoms with E-state index in [1.54, 1.807) is 35.0 Å². The predicted molar refractivity (Wildman–Crippen MR) is 129 cm³/mol. The molecule has 0 spiro atoms. The van der Waals surface area contributed by atoms with E-state index < -0.39 is 9.84 Å². The van der Waals surface area contributed by atoms with E-state index >= 15 is 0 Å². The number of carbonyl (C=O) groups is 1. The molecule has 9 nitrogen and oxygen atoms in total. The molecule has 11 heteroatoms. The van der Waals surface area contributed by atoms with Crippen molar-refractivity contribution in [1.29, 1.82) is 0 Å². The molecule has 0 aliphatic carbocycles. The van der Waals surface area contributed by atoms with E-state index in [1.807, 2.05) is 26.0 Å². The average molecular weight is 499 g/mol. The Hall–Kier alpha value is -3.44. The number of sulfone groups is 1. The molecule has 5 rings (SSSR count). The van der Waals surface area contributed by atoms with Crippen molar-refractivity contribution in [2.75, 3.05) is 17.9 Å². The molecule has 1 aliphatic heterocycles. The molecular formula is C23H22N4O5S2. The quantitative estimate of drug-likeness (QED) is 0.409. The maximum atomic E-state index is 12.6. The number of anilines is 1. The highest BCUT2D eigenvalue weighted by Gasteiger charge is 2.20. The van der Waals surface area contributed by atoms with Crippen LogP contribution in [0.15, 0.2) is 47.4 Å². The molecule has 0 saturated carbocycles. The number of rotatable bonds is 7. The van der Waals surface area contributed by atoms with Crippen LogP contribution >= 0.6 is 11.3 Å². The third kappa shape index (κ3) is 4.48. The molecule has 34 heavy (non-hydrogen) atoms. The number of ether oxygens (including phenoxy) is 2. The highest BCUT2D eigenvalue weighted by molar-refractivity contribution is 7.91. The second kappa shape index (κ2) is 8.73. The fraction of sp³-hybridized carbons (Fsp3) is 0.261. The SMILES string of the molecule is Cc1ccc(S(=O)(=O)CCCC(=O)Nc2cc(C)nn2-c2nc3cc4c(cc3s2)OCO4)cc1. The number of aromatic nitrogens is 3. The van der Waals surface area contributed by atoms with Gasteiger partial charge in [-0.25, -0.2) is 13.4 Å². The van der Waals surface area contributed by atoms with Crippen LogP contribution < -0.4 is 14.8 Å². The minimum absolute atomic E-state index is 0.0660. The van der Waals surface area contributed by atoms with Gasteiger partial charge in [0.1, 0.15) is 5.82 Å². The normalized spacial score (nSPS) is 12.9. The van der Waals surface area contributed by atoms with Crippen LogP contribution in [0.1, 0.15) is 24.1 Å². The van der Waals surface area contributed by atoms with Crippen LogP contribution in [0.3, 0.4) is 0 Å². The number of thiazole rings is 1. The lowest BCUT2D eigenvalue weighted by Crippen LogP contribution is -2.16. The minimum Gasteiger partial charge on any atom is -0.454 e. The lowest BCUT2D eigenvalue weighted by molar-refractivity contribution is -0.116. The molecule has 0 atom stereocenters. The van der Waals surface area contributed by atoms with Gasteiger partial charge in [-0.2, -0.15) is 9.78 Å². The van der Waals surface area contributed by atoms with E-state index in [0.29, 0.717) is 28.1 Å². The third-order valence-corrected chi connectivity index (χ3v) is 8.16. The molecule has 1 aliphatic rings. The lowest BCUT2D eigenvalue weighted by Gasteiger charge is -2.07. The number of nitrogens with one attached hydrogen (secondary N) is 1. The second-order valence-electron chi connectivity index (χ2n) is 8.04. The van der Waals surface area contributed by atoms with Gasteiger partial charge in [0.15, 0.2) is 21.3 Å². The molecule has 0 radical (unpaired) electrons. The summed E-state index contributed by atoms with van der Waals surface area (Å²) < 4.78 is 38.4. The van der Waals surface area contributed by atoms with Crippen LogP contribution in [-0.4, -0.2) is 41.6 Å². The molecule has 176 valence electrons. The van der Waals surface area contributed by atoms with E-state index in [0.717, 1.165) is 15.8 Å². The molecular weight excluding hydrogens is 476 g/mol. The monoisotopic (exact) mass is 498 g/mol. The number of hydrogen-bond donors (Lipinski definition) is 1. The first kappa shape index (κ1) is 22.4. The first-order valence-corrected chi connectivity index (χ1v) is 13.1. The van der Waals surface area contributed by atoms with Gasteiger partial charge in [0.05, 0.1) is 26.6 Å². The summed E-state index contributed by atoms with van der Waals surface area (Å²) in [6.07, 6.45) is 0.276. The summed E-state index contributed by atoms with van der Waals surface area (Å²) in [6, 6.07) is 12.2. The predicted octanol–water partition coefficient (Wildman–Crippen LogP) is 4.02. The van der Waals surface area contributed by atoms with E-state index in [2.05, 4.69) is 15.4 Å². The molecule has 0 saturated heterocycles. The fourth-order valence-corrected chi connectivity index (χ4v) is 5.87. The molecule has 1 N–H and O–H groups in total. The maximum absolute atomic E-state index is 12.6. The summed E-state index contributed by atoms with van der Waals surface area (Å²) in [5.41, 5.74) is 2.45. The van der Waals surface area contributed by atoms with Gasteiger partial charge in [-0.1, -0.05) is 29.0 Å². The van der Waals surface area contributed by atoms with Crippen LogP contribution in [0, 0.1) is 13.8 Å². The number of carbonyl (C=O) groups excluding carboxylic acids is 1. The van der Waals surface area contributed by atoms with Crippen molar-refractivity contribution in [1.82, 2.24) is 14.8 Å². The fourth-order valence-electron chi connectivity index (χ4n) is 3.62. The molecule has 4 aromatic rings. The molecule has 0 fully saturated rings. The van der Waals surface area contributed by atoms with Crippen molar-refractivity contribution in [3.8, 4) is 16.6 Å². The van der Waals surface area contributed by atoms with Crippen molar-refractivity contribution >= 4 is 43.1 Å². The van der Waals surface area contributed by atoms with E-state index in [1.165, 1.54) is 11.3 Å². The Kier molecular flexibility index (Phi) is 5.74. The van der Waals surface area contributed by atoms with Crippen LogP contribution in [-0.2, 0) is 14.6 Å². The third-order valence-electron chi connectivity index (χ3n) is 5.35. The molecule has 0 unspecified atom stereocenters. The smallest absolute Gasteiger partial charge is 0.231 e. The van der Waals surface area contributed by atoms with Crippen LogP contribution in [0.5, 0.6) is 11.5 Å². The summed E-state index contributed by atoms with van der Waals surface area (Å²) in [5.74, 6) is 1.41. The standard InChI is InChI=1S/C23H22N4O5S2/c1-14-5-7-16(8-6-14)34(29,30)9-3-4-22(28)25-21-10-15(2)26-27(21)23-24-17-11-18-19(32-13-31-18)12-20(17)33-23/h5-8,10-12H,3-4,9,13H2,1-2H3,(H,25,28). The number of hydrogen-bond acceptors (Lipinski definition) is 8. The zero-order valence-electron chi connectivity index (χ0n) is 18.6. The summed E-state index contributed by atoms with van der Waals surface area (Å²) in [7, 11) is -3.44. The lowest BCUT2D eigenvalue weighted by atomic mass is 10.2. The Labute approximate surface area is 200 Å². The van der Waals surface area contributed by atoms with E-state index in [4.69, 9.17) is 9.47 Å². The number of amides is 1. The van der Waals surface area contributed by atoms with Crippen molar-refractivity contribution in [2.24, 2.45) is 0 Å². The van der Waals surface area contributed by atoms with Gasteiger partial charge in [0, 0.05) is 24.6 Å². The van der Waals surface area contributed by atoms with E-state index in [9.17, 15) is 13.2 Å². The van der Waals surface area contributed by atoms with Gasteiger partial charge in [-0.3, -0.25) is 4.79 Å². The zero-order chi connectivity index (χ0) is 23.9. The molecule has 2 aromatic carbocycles. The van der Waals surface area contributed by atoms with Gasteiger partial charge >= 0.3 is 0 Å². The summed E-state index contributed by atoms with van der Waals surface area (Å²) in [5, 5.41) is 7.89. The highest BCUT2D eigenvalue weighted by Crippen LogP contribution is 2.39. The van der Waals surface area contributed by atoms with Crippen molar-refractivity contribution in [2.45, 2.75) is 31.6 Å². The Morgan fingerprint density at radius 1 is 1.12 bits per heavy atom. The Morgan fingerprint density at radius 2 is 1.85 bits per heavy atom. The Balaban J connectivity index is 1.27. The second-order valence-corrected chi connectivity index (χ2v) is 11.2. The largest absolute Gasteiger partial charge is 0.454 e. The number of nitrogens with zero attached hydrogens (tertiary/aromatic N) is 3. The number of aryl methyl sites for hydroxylation is 2. The average Bonchev–Trinajstić information content (AvgIpc) is 3.49. The zero-order valence-corrected chi connectivity index (χ0v) is 20.2. The van der Waals surface area contributed by atoms with Gasteiger partial charge in [0.2, 0.25) is 17.8 Å². The number of fused-ring (bicyclic) bond motifs is 2. The van der Waals surface area contributed by atoms with Gasteiger partial charge in [0.25, 0.3) is 0 Å². The van der Waals surface area contributed by atoms with Crippen molar-refractivity contribution in [3.05, 3.63) is 53.7 Å². The van der Waals surface area contributed by atoms with Crippen LogP contribution in [0.2, 0.25) is 0 Å². The van der Waals surface area contributed by atoms with Gasteiger partial charge in [-0.05, 0) is 32.4 Å². The first-order chi connectivity index (χ1) is 16.3. The summed E-state index contributed by atoms with van der Waals surface area (Å²) >= 11 is 1.41. The maximum Gasteiger partial charge on any atom is 0.231 e. The minimum atomic E-state index is -3.44. The molecule has 3 heterocycles. The summed E-state index contributed by atoms with van der Waals surface area (Å²) in [4.78, 5) is 17.5. The summed E-state index contributed by atoms with van der Waals surface area (Å²) in [6.45, 7) is 3.92. The van der Waals surface area contributed by atoms with Gasteiger partial charge in [-0.15, -0.1) is 0 Å². The Morgan fingerprint density at radius 3 is 2.62 bits per heavy atom. The molecule has 0 bridgehead atoms. The van der Waals surface area contributed by atoms with Crippen LogP contribution in [0.25, 0.3) is 15.3 Å².